The van der Waals surface area contributed by atoms with Crippen molar-refractivity contribution in [3.8, 4) is 6.07 Å². The van der Waals surface area contributed by atoms with Crippen LogP contribution >= 0.6 is 0 Å². The van der Waals surface area contributed by atoms with Crippen molar-refractivity contribution < 1.29 is 9.18 Å². The Morgan fingerprint density at radius 3 is 2.67 bits per heavy atom. The van der Waals surface area contributed by atoms with Crippen LogP contribution in [0.25, 0.3) is 0 Å². The Bertz CT molecular complexity index is 707. The molecule has 0 atom stereocenters. The van der Waals surface area contributed by atoms with Crippen LogP contribution in [-0.2, 0) is 0 Å². The minimum Gasteiger partial charge on any atom is -0.385 e. The number of nitriles is 1. The van der Waals surface area contributed by atoms with E-state index in [4.69, 9.17) is 5.26 Å². The largest absolute Gasteiger partial charge is 0.385 e. The summed E-state index contributed by atoms with van der Waals surface area (Å²) in [5.74, 6) is -1.04. The standard InChI is InChI=1S/C16H14FN3O/c1-2-19-14-6-4-3-5-12(14)16(21)20-15-8-7-11(10-18)9-13(15)17/h3-9,19H,2H2,1H3,(H,20,21). The lowest BCUT2D eigenvalue weighted by molar-refractivity contribution is 0.102. The highest BCUT2D eigenvalue weighted by molar-refractivity contribution is 6.08. The van der Waals surface area contributed by atoms with Gasteiger partial charge < -0.3 is 10.6 Å². The average Bonchev–Trinajstić information content (AvgIpc) is 2.50. The first-order chi connectivity index (χ1) is 10.2. The smallest absolute Gasteiger partial charge is 0.257 e. The molecule has 0 aliphatic rings. The topological polar surface area (TPSA) is 64.9 Å². The van der Waals surface area contributed by atoms with Gasteiger partial charge in [-0.25, -0.2) is 4.39 Å². The number of hydrogen-bond donors (Lipinski definition) is 2. The summed E-state index contributed by atoms with van der Waals surface area (Å²) in [7, 11) is 0. The van der Waals surface area contributed by atoms with Gasteiger partial charge in [0.05, 0.1) is 22.9 Å². The fraction of sp³-hybridized carbons (Fsp3) is 0.125. The molecule has 0 aliphatic heterocycles. The van der Waals surface area contributed by atoms with Crippen molar-refractivity contribution >= 4 is 17.3 Å². The Morgan fingerprint density at radius 1 is 1.24 bits per heavy atom. The van der Waals surface area contributed by atoms with E-state index in [1.54, 1.807) is 18.2 Å². The van der Waals surface area contributed by atoms with Crippen LogP contribution in [0, 0.1) is 17.1 Å². The minimum absolute atomic E-state index is 0.0466. The van der Waals surface area contributed by atoms with Gasteiger partial charge in [0.2, 0.25) is 0 Å². The maximum atomic E-state index is 13.8. The summed E-state index contributed by atoms with van der Waals surface area (Å²) in [6.45, 7) is 2.60. The fourth-order valence-corrected chi connectivity index (χ4v) is 1.90. The second-order valence-corrected chi connectivity index (χ2v) is 4.34. The second kappa shape index (κ2) is 6.53. The molecule has 0 aromatic heterocycles. The van der Waals surface area contributed by atoms with E-state index in [0.29, 0.717) is 17.8 Å². The number of halogens is 1. The Labute approximate surface area is 122 Å². The van der Waals surface area contributed by atoms with Gasteiger partial charge in [0, 0.05) is 12.2 Å². The van der Waals surface area contributed by atoms with Crippen molar-refractivity contribution in [2.24, 2.45) is 0 Å². The van der Waals surface area contributed by atoms with Gasteiger partial charge in [0.15, 0.2) is 0 Å². The van der Waals surface area contributed by atoms with Crippen LogP contribution in [0.1, 0.15) is 22.8 Å². The number of benzene rings is 2. The van der Waals surface area contributed by atoms with E-state index in [1.807, 2.05) is 19.1 Å². The highest BCUT2D eigenvalue weighted by Crippen LogP contribution is 2.19. The third-order valence-corrected chi connectivity index (χ3v) is 2.89. The normalized spacial score (nSPS) is 9.76. The number of amides is 1. The summed E-state index contributed by atoms with van der Waals surface area (Å²) in [5.41, 5.74) is 1.37. The summed E-state index contributed by atoms with van der Waals surface area (Å²) in [5, 5.41) is 14.3. The maximum absolute atomic E-state index is 13.8. The number of carbonyl (C=O) groups excluding carboxylic acids is 1. The molecule has 2 aromatic rings. The molecule has 2 aromatic carbocycles. The van der Waals surface area contributed by atoms with E-state index in [0.717, 1.165) is 6.07 Å². The average molecular weight is 283 g/mol. The van der Waals surface area contributed by atoms with Crippen LogP contribution in [0.3, 0.4) is 0 Å². The number of nitrogens with zero attached hydrogens (tertiary/aromatic N) is 1. The highest BCUT2D eigenvalue weighted by atomic mass is 19.1. The minimum atomic E-state index is -0.636. The number of hydrogen-bond acceptors (Lipinski definition) is 3. The zero-order valence-corrected chi connectivity index (χ0v) is 11.5. The van der Waals surface area contributed by atoms with E-state index in [-0.39, 0.29) is 11.3 Å². The summed E-state index contributed by atoms with van der Waals surface area (Å²) >= 11 is 0. The summed E-state index contributed by atoms with van der Waals surface area (Å²) in [6, 6.07) is 12.8. The van der Waals surface area contributed by atoms with Crippen molar-refractivity contribution in [2.45, 2.75) is 6.92 Å². The van der Waals surface area contributed by atoms with Crippen molar-refractivity contribution in [1.29, 1.82) is 5.26 Å². The molecule has 0 saturated heterocycles. The van der Waals surface area contributed by atoms with E-state index in [9.17, 15) is 9.18 Å². The van der Waals surface area contributed by atoms with Gasteiger partial charge in [-0.1, -0.05) is 12.1 Å². The van der Waals surface area contributed by atoms with Crippen molar-refractivity contribution in [3.05, 3.63) is 59.4 Å². The first-order valence-electron chi connectivity index (χ1n) is 6.49. The van der Waals surface area contributed by atoms with Crippen molar-refractivity contribution in [1.82, 2.24) is 0 Å². The Hall–Kier alpha value is -2.87. The van der Waals surface area contributed by atoms with Crippen molar-refractivity contribution in [2.75, 3.05) is 17.2 Å². The molecule has 5 heteroatoms. The molecule has 0 bridgehead atoms. The molecular formula is C16H14FN3O. The molecule has 21 heavy (non-hydrogen) atoms. The van der Waals surface area contributed by atoms with Gasteiger partial charge in [-0.05, 0) is 37.3 Å². The van der Waals surface area contributed by atoms with E-state index < -0.39 is 11.7 Å². The van der Waals surface area contributed by atoms with Gasteiger partial charge in [-0.2, -0.15) is 5.26 Å². The molecule has 0 heterocycles. The summed E-state index contributed by atoms with van der Waals surface area (Å²) in [6.07, 6.45) is 0. The Morgan fingerprint density at radius 2 is 2.00 bits per heavy atom. The number of carbonyl (C=O) groups is 1. The van der Waals surface area contributed by atoms with Crippen LogP contribution in [-0.4, -0.2) is 12.5 Å². The Balaban J connectivity index is 2.24. The molecule has 106 valence electrons. The molecule has 4 nitrogen and oxygen atoms in total. The third kappa shape index (κ3) is 3.37. The predicted octanol–water partition coefficient (Wildman–Crippen LogP) is 3.38. The molecule has 0 fully saturated rings. The maximum Gasteiger partial charge on any atom is 0.257 e. The van der Waals surface area contributed by atoms with Gasteiger partial charge in [0.1, 0.15) is 5.82 Å². The zero-order valence-electron chi connectivity index (χ0n) is 11.5. The third-order valence-electron chi connectivity index (χ3n) is 2.89. The monoisotopic (exact) mass is 283 g/mol. The molecule has 0 spiro atoms. The van der Waals surface area contributed by atoms with Crippen LogP contribution in [0.2, 0.25) is 0 Å². The van der Waals surface area contributed by atoms with E-state index in [2.05, 4.69) is 10.6 Å². The van der Waals surface area contributed by atoms with Crippen LogP contribution < -0.4 is 10.6 Å². The number of nitrogens with one attached hydrogen (secondary N) is 2. The molecule has 0 aliphatic carbocycles. The number of para-hydroxylation sites is 1. The van der Waals surface area contributed by atoms with Crippen LogP contribution in [0.4, 0.5) is 15.8 Å². The van der Waals surface area contributed by atoms with Gasteiger partial charge in [0.25, 0.3) is 5.91 Å². The molecule has 2 rings (SSSR count). The lowest BCUT2D eigenvalue weighted by Gasteiger charge is -2.11. The zero-order chi connectivity index (χ0) is 15.2. The predicted molar refractivity (Wildman–Crippen MR) is 79.7 cm³/mol. The molecule has 1 amide bonds. The SMILES string of the molecule is CCNc1ccccc1C(=O)Nc1ccc(C#N)cc1F. The quantitative estimate of drug-likeness (QED) is 0.904. The molecule has 0 unspecified atom stereocenters. The fourth-order valence-electron chi connectivity index (χ4n) is 1.90. The summed E-state index contributed by atoms with van der Waals surface area (Å²) < 4.78 is 13.8. The van der Waals surface area contributed by atoms with Crippen LogP contribution in [0.5, 0.6) is 0 Å². The van der Waals surface area contributed by atoms with E-state index in [1.165, 1.54) is 12.1 Å². The van der Waals surface area contributed by atoms with Crippen LogP contribution in [0.15, 0.2) is 42.5 Å². The molecule has 0 saturated carbocycles. The second-order valence-electron chi connectivity index (χ2n) is 4.34. The molecule has 0 radical (unpaired) electrons. The van der Waals surface area contributed by atoms with E-state index >= 15 is 0 Å². The lowest BCUT2D eigenvalue weighted by atomic mass is 10.1. The number of anilines is 2. The number of rotatable bonds is 4. The molecular weight excluding hydrogens is 269 g/mol. The van der Waals surface area contributed by atoms with Gasteiger partial charge in [-0.15, -0.1) is 0 Å². The highest BCUT2D eigenvalue weighted by Gasteiger charge is 2.13. The summed E-state index contributed by atoms with van der Waals surface area (Å²) in [4.78, 5) is 12.2. The van der Waals surface area contributed by atoms with Crippen molar-refractivity contribution in [3.63, 3.8) is 0 Å². The first kappa shape index (κ1) is 14.5. The lowest BCUT2D eigenvalue weighted by Crippen LogP contribution is -2.15. The first-order valence-corrected chi connectivity index (χ1v) is 6.49. The Kier molecular flexibility index (Phi) is 4.52. The molecule has 2 N–H and O–H groups in total. The van der Waals surface area contributed by atoms with Gasteiger partial charge >= 0.3 is 0 Å². The van der Waals surface area contributed by atoms with Gasteiger partial charge in [-0.3, -0.25) is 4.79 Å².